The first-order chi connectivity index (χ1) is 14.2. The molecule has 0 saturated heterocycles. The van der Waals surface area contributed by atoms with Gasteiger partial charge in [0.15, 0.2) is 6.61 Å². The lowest BCUT2D eigenvalue weighted by Gasteiger charge is -2.18. The van der Waals surface area contributed by atoms with E-state index in [4.69, 9.17) is 9.84 Å². The topological polar surface area (TPSA) is 80.9 Å². The molecule has 1 aliphatic rings. The van der Waals surface area contributed by atoms with Gasteiger partial charge in [-0.3, -0.25) is 14.8 Å². The number of rotatable bonds is 5. The average Bonchev–Trinajstić information content (AvgIpc) is 3.14. The molecule has 0 unspecified atom stereocenters. The molecule has 1 amide bonds. The van der Waals surface area contributed by atoms with E-state index in [1.165, 1.54) is 11.3 Å². The van der Waals surface area contributed by atoms with E-state index in [-0.39, 0.29) is 12.5 Å². The molecule has 7 nitrogen and oxygen atoms in total. The summed E-state index contributed by atoms with van der Waals surface area (Å²) in [4.78, 5) is 21.3. The molecule has 8 heteroatoms. The number of nitrogens with one attached hydrogen (secondary N) is 1. The quantitative estimate of drug-likeness (QED) is 0.522. The molecule has 0 fully saturated rings. The Hall–Kier alpha value is -3.52. The first kappa shape index (κ1) is 18.8. The van der Waals surface area contributed by atoms with Crippen molar-refractivity contribution in [3.8, 4) is 17.0 Å². The lowest BCUT2D eigenvalue weighted by molar-refractivity contribution is -0.118. The minimum absolute atomic E-state index is 0.0307. The molecule has 3 heterocycles. The van der Waals surface area contributed by atoms with Crippen LogP contribution in [-0.4, -0.2) is 34.4 Å². The van der Waals surface area contributed by atoms with Gasteiger partial charge in [0.25, 0.3) is 5.91 Å². The van der Waals surface area contributed by atoms with Crippen LogP contribution in [0.2, 0.25) is 0 Å². The van der Waals surface area contributed by atoms with Gasteiger partial charge in [-0.25, -0.2) is 4.68 Å². The Morgan fingerprint density at radius 3 is 3.10 bits per heavy atom. The number of carbonyl (C=O) groups excluding carboxylic acids is 1. The third kappa shape index (κ3) is 4.02. The Balaban J connectivity index is 1.83. The summed E-state index contributed by atoms with van der Waals surface area (Å²) in [7, 11) is 0. The van der Waals surface area contributed by atoms with Crippen molar-refractivity contribution in [2.45, 2.75) is 6.92 Å². The second-order valence-corrected chi connectivity index (χ2v) is 7.13. The summed E-state index contributed by atoms with van der Waals surface area (Å²) in [6, 6.07) is 11.4. The van der Waals surface area contributed by atoms with Crippen LogP contribution in [0.4, 0.5) is 5.69 Å². The maximum Gasteiger partial charge on any atom is 0.262 e. The number of pyridine rings is 1. The Labute approximate surface area is 171 Å². The number of nitrogens with zero attached hydrogens (tertiary/aromatic N) is 4. The molecular weight excluding hydrogens is 386 g/mol. The Morgan fingerprint density at radius 2 is 2.31 bits per heavy atom. The first-order valence-corrected chi connectivity index (χ1v) is 9.89. The summed E-state index contributed by atoms with van der Waals surface area (Å²) in [6.07, 6.45) is 3.48. The fourth-order valence-electron chi connectivity index (χ4n) is 2.87. The number of ether oxygens (including phenoxy) is 1. The van der Waals surface area contributed by atoms with Gasteiger partial charge >= 0.3 is 0 Å². The van der Waals surface area contributed by atoms with Crippen molar-refractivity contribution in [3.05, 3.63) is 71.1 Å². The molecule has 29 heavy (non-hydrogen) atoms. The van der Waals surface area contributed by atoms with Crippen molar-refractivity contribution in [1.29, 1.82) is 0 Å². The van der Waals surface area contributed by atoms with Crippen LogP contribution in [0.1, 0.15) is 12.6 Å². The van der Waals surface area contributed by atoms with Crippen LogP contribution in [0.25, 0.3) is 11.3 Å². The van der Waals surface area contributed by atoms with Gasteiger partial charge in [-0.05, 0) is 37.3 Å². The van der Waals surface area contributed by atoms with E-state index in [9.17, 15) is 4.79 Å². The largest absolute Gasteiger partial charge is 0.482 e. The lowest BCUT2D eigenvalue weighted by Crippen LogP contribution is -2.25. The molecule has 2 aromatic heterocycles. The van der Waals surface area contributed by atoms with Crippen LogP contribution in [0.15, 0.2) is 70.7 Å². The molecule has 146 valence electrons. The van der Waals surface area contributed by atoms with Crippen molar-refractivity contribution in [3.63, 3.8) is 0 Å². The summed E-state index contributed by atoms with van der Waals surface area (Å²) in [5.41, 5.74) is 3.95. The monoisotopic (exact) mass is 405 g/mol. The van der Waals surface area contributed by atoms with Gasteiger partial charge in [0.05, 0.1) is 29.3 Å². The summed E-state index contributed by atoms with van der Waals surface area (Å²) < 4.78 is 7.25. The molecule has 4 rings (SSSR count). The number of hydrogen-bond acceptors (Lipinski definition) is 6. The highest BCUT2D eigenvalue weighted by Gasteiger charge is 2.18. The molecule has 3 aromatic rings. The number of amides is 1. The zero-order valence-electron chi connectivity index (χ0n) is 15.8. The van der Waals surface area contributed by atoms with Gasteiger partial charge in [-0.15, -0.1) is 17.9 Å². The Morgan fingerprint density at radius 1 is 1.41 bits per heavy atom. The van der Waals surface area contributed by atoms with Crippen LogP contribution < -0.4 is 14.9 Å². The molecule has 1 aliphatic heterocycles. The van der Waals surface area contributed by atoms with E-state index in [1.807, 2.05) is 48.7 Å². The number of thiazole rings is 1. The number of benzene rings is 1. The molecule has 1 aromatic carbocycles. The van der Waals surface area contributed by atoms with E-state index in [0.717, 1.165) is 27.5 Å². The molecule has 0 saturated carbocycles. The highest BCUT2D eigenvalue weighted by Crippen LogP contribution is 2.32. The van der Waals surface area contributed by atoms with Crippen LogP contribution in [0.5, 0.6) is 5.75 Å². The van der Waals surface area contributed by atoms with Crippen molar-refractivity contribution in [1.82, 2.24) is 9.66 Å². The van der Waals surface area contributed by atoms with Crippen molar-refractivity contribution in [2.24, 2.45) is 10.1 Å². The smallest absolute Gasteiger partial charge is 0.262 e. The molecule has 0 aliphatic carbocycles. The molecule has 0 bridgehead atoms. The lowest BCUT2D eigenvalue weighted by atomic mass is 10.1. The minimum Gasteiger partial charge on any atom is -0.482 e. The molecular formula is C21H19N5O2S. The van der Waals surface area contributed by atoms with Gasteiger partial charge < -0.3 is 10.1 Å². The Kier molecular flexibility index (Phi) is 5.35. The van der Waals surface area contributed by atoms with Crippen LogP contribution in [-0.2, 0) is 4.79 Å². The van der Waals surface area contributed by atoms with Crippen LogP contribution in [0, 0.1) is 0 Å². The molecule has 0 atom stereocenters. The number of carbonyl (C=O) groups is 1. The maximum atomic E-state index is 11.7. The first-order valence-electron chi connectivity index (χ1n) is 9.01. The van der Waals surface area contributed by atoms with E-state index in [2.05, 4.69) is 21.9 Å². The van der Waals surface area contributed by atoms with Gasteiger partial charge in [0.2, 0.25) is 4.80 Å². The number of fused-ring (bicyclic) bond motifs is 1. The standard InChI is InChI=1S/C21H19N5O2S/c1-3-9-23-21-26(25-14(2)16-6-4-5-10-22-16)18(13-29-21)15-7-8-19-17(11-15)24-20(27)12-28-19/h3-8,10-11,13H,1,9,12H2,2H3,(H,24,27)/b23-21?,25-14-. The SMILES string of the molecule is C=CCN=c1scc(-c2ccc3c(c2)NC(=O)CO3)n1/N=C(/C)c1ccccn1. The summed E-state index contributed by atoms with van der Waals surface area (Å²) in [5.74, 6) is 0.485. The Bertz CT molecular complexity index is 1160. The van der Waals surface area contributed by atoms with Crippen molar-refractivity contribution >= 4 is 28.6 Å². The zero-order valence-corrected chi connectivity index (χ0v) is 16.6. The number of anilines is 1. The molecule has 0 radical (unpaired) electrons. The van der Waals surface area contributed by atoms with E-state index >= 15 is 0 Å². The van der Waals surface area contributed by atoms with Gasteiger partial charge in [-0.2, -0.15) is 5.10 Å². The normalized spacial score (nSPS) is 14.2. The highest BCUT2D eigenvalue weighted by molar-refractivity contribution is 7.07. The maximum absolute atomic E-state index is 11.7. The fraction of sp³-hybridized carbons (Fsp3) is 0.143. The second kappa shape index (κ2) is 8.24. The predicted molar refractivity (Wildman–Crippen MR) is 114 cm³/mol. The van der Waals surface area contributed by atoms with E-state index < -0.39 is 0 Å². The van der Waals surface area contributed by atoms with Gasteiger partial charge in [0, 0.05) is 17.1 Å². The van der Waals surface area contributed by atoms with Gasteiger partial charge in [0.1, 0.15) is 5.75 Å². The minimum atomic E-state index is -0.168. The van der Waals surface area contributed by atoms with Crippen LogP contribution in [0.3, 0.4) is 0 Å². The highest BCUT2D eigenvalue weighted by atomic mass is 32.1. The zero-order chi connectivity index (χ0) is 20.2. The third-order valence-electron chi connectivity index (χ3n) is 4.23. The second-order valence-electron chi connectivity index (χ2n) is 6.29. The third-order valence-corrected chi connectivity index (χ3v) is 5.09. The van der Waals surface area contributed by atoms with E-state index in [0.29, 0.717) is 18.0 Å². The predicted octanol–water partition coefficient (Wildman–Crippen LogP) is 3.30. The van der Waals surface area contributed by atoms with Gasteiger partial charge in [-0.1, -0.05) is 12.1 Å². The van der Waals surface area contributed by atoms with Crippen molar-refractivity contribution in [2.75, 3.05) is 18.5 Å². The number of aromatic nitrogens is 2. The molecule has 0 spiro atoms. The van der Waals surface area contributed by atoms with E-state index in [1.54, 1.807) is 16.9 Å². The van der Waals surface area contributed by atoms with Crippen LogP contribution >= 0.6 is 11.3 Å². The summed E-state index contributed by atoms with van der Waals surface area (Å²) in [6.45, 7) is 6.17. The van der Waals surface area contributed by atoms with Crippen molar-refractivity contribution < 1.29 is 9.53 Å². The fourth-order valence-corrected chi connectivity index (χ4v) is 3.71. The summed E-state index contributed by atoms with van der Waals surface area (Å²) >= 11 is 1.49. The average molecular weight is 405 g/mol. The molecule has 1 N–H and O–H groups in total. The number of hydrogen-bond donors (Lipinski definition) is 1. The summed E-state index contributed by atoms with van der Waals surface area (Å²) in [5, 5.41) is 9.62.